The first-order chi connectivity index (χ1) is 13.5. The van der Waals surface area contributed by atoms with Crippen molar-refractivity contribution in [1.29, 1.82) is 0 Å². The van der Waals surface area contributed by atoms with E-state index in [4.69, 9.17) is 0 Å². The van der Waals surface area contributed by atoms with E-state index in [-0.39, 0.29) is 18.0 Å². The van der Waals surface area contributed by atoms with E-state index < -0.39 is 17.2 Å². The summed E-state index contributed by atoms with van der Waals surface area (Å²) in [6, 6.07) is 3.93. The first-order valence-electron chi connectivity index (χ1n) is 9.16. The Morgan fingerprint density at radius 3 is 2.79 bits per heavy atom. The van der Waals surface area contributed by atoms with Crippen molar-refractivity contribution >= 4 is 22.2 Å². The Labute approximate surface area is 159 Å². The summed E-state index contributed by atoms with van der Waals surface area (Å²) in [6.07, 6.45) is 5.08. The molecule has 6 nitrogen and oxygen atoms in total. The molecular weight excluding hydrogens is 364 g/mol. The van der Waals surface area contributed by atoms with Crippen molar-refractivity contribution in [2.24, 2.45) is 0 Å². The van der Waals surface area contributed by atoms with Crippen molar-refractivity contribution in [2.45, 2.75) is 39.2 Å². The molecule has 4 aromatic rings. The van der Waals surface area contributed by atoms with Gasteiger partial charge in [0.25, 0.3) is 0 Å². The minimum Gasteiger partial charge on any atom is -0.319 e. The second-order valence-electron chi connectivity index (χ2n) is 6.89. The molecule has 1 aromatic carbocycles. The highest BCUT2D eigenvalue weighted by molar-refractivity contribution is 5.82. The average molecular weight is 383 g/mol. The minimum absolute atomic E-state index is 0.138. The number of imidazole rings is 1. The van der Waals surface area contributed by atoms with Crippen LogP contribution in [-0.4, -0.2) is 24.5 Å². The van der Waals surface area contributed by atoms with Gasteiger partial charge >= 0.3 is 0 Å². The second-order valence-corrected chi connectivity index (χ2v) is 6.89. The Morgan fingerprint density at radius 2 is 2.00 bits per heavy atom. The van der Waals surface area contributed by atoms with Gasteiger partial charge in [0.2, 0.25) is 5.56 Å². The Bertz CT molecular complexity index is 1230. The number of halogens is 2. The molecule has 0 amide bonds. The van der Waals surface area contributed by atoms with Gasteiger partial charge in [0.05, 0.1) is 12.1 Å². The topological polar surface area (TPSA) is 76.5 Å². The molecule has 4 rings (SSSR count). The lowest BCUT2D eigenvalue weighted by molar-refractivity contribution is 0.515. The first-order valence-corrected chi connectivity index (χ1v) is 9.16. The third-order valence-electron chi connectivity index (χ3n) is 4.90. The number of pyridine rings is 1. The smallest absolute Gasteiger partial charge is 0.248 e. The molecule has 0 saturated carbocycles. The summed E-state index contributed by atoms with van der Waals surface area (Å²) in [4.78, 5) is 27.8. The number of H-pyrrole nitrogens is 1. The first kappa shape index (κ1) is 18.2. The zero-order valence-corrected chi connectivity index (χ0v) is 15.5. The number of aromatic nitrogens is 5. The fourth-order valence-electron chi connectivity index (χ4n) is 3.60. The van der Waals surface area contributed by atoms with Crippen LogP contribution < -0.4 is 5.56 Å². The van der Waals surface area contributed by atoms with Crippen LogP contribution in [0.1, 0.15) is 44.0 Å². The van der Waals surface area contributed by atoms with Gasteiger partial charge in [-0.25, -0.2) is 23.7 Å². The highest BCUT2D eigenvalue weighted by Gasteiger charge is 2.20. The van der Waals surface area contributed by atoms with Crippen LogP contribution in [0.25, 0.3) is 22.2 Å². The van der Waals surface area contributed by atoms with Gasteiger partial charge in [-0.2, -0.15) is 0 Å². The molecule has 0 aliphatic carbocycles. The molecule has 28 heavy (non-hydrogen) atoms. The Morgan fingerprint density at radius 1 is 1.21 bits per heavy atom. The van der Waals surface area contributed by atoms with Gasteiger partial charge in [-0.1, -0.05) is 20.3 Å². The monoisotopic (exact) mass is 383 g/mol. The molecule has 1 unspecified atom stereocenters. The van der Waals surface area contributed by atoms with Crippen molar-refractivity contribution in [3.8, 4) is 0 Å². The lowest BCUT2D eigenvalue weighted by Gasteiger charge is -2.15. The normalized spacial score (nSPS) is 12.7. The van der Waals surface area contributed by atoms with Crippen LogP contribution in [0.5, 0.6) is 0 Å². The van der Waals surface area contributed by atoms with E-state index in [1.807, 2.05) is 4.57 Å². The number of hydrogen-bond donors (Lipinski definition) is 1. The van der Waals surface area contributed by atoms with Gasteiger partial charge in [-0.3, -0.25) is 4.79 Å². The van der Waals surface area contributed by atoms with Crippen LogP contribution in [0.15, 0.2) is 35.4 Å². The zero-order chi connectivity index (χ0) is 19.8. The summed E-state index contributed by atoms with van der Waals surface area (Å²) in [6.45, 7) is 4.43. The van der Waals surface area contributed by atoms with Gasteiger partial charge in [0.15, 0.2) is 22.9 Å². The molecular formula is C20H19F2N5O. The van der Waals surface area contributed by atoms with E-state index in [1.54, 1.807) is 12.4 Å². The quantitative estimate of drug-likeness (QED) is 0.567. The van der Waals surface area contributed by atoms with E-state index in [0.717, 1.165) is 24.7 Å². The molecule has 3 aromatic heterocycles. The Kier molecular flexibility index (Phi) is 4.62. The maximum atomic E-state index is 14.2. The lowest BCUT2D eigenvalue weighted by atomic mass is 10.0. The van der Waals surface area contributed by atoms with Crippen LogP contribution in [0.3, 0.4) is 0 Å². The molecule has 0 spiro atoms. The van der Waals surface area contributed by atoms with Gasteiger partial charge in [0.1, 0.15) is 5.82 Å². The molecule has 1 atom stereocenters. The molecule has 144 valence electrons. The molecule has 0 saturated heterocycles. The molecule has 3 heterocycles. The summed E-state index contributed by atoms with van der Waals surface area (Å²) >= 11 is 0. The second kappa shape index (κ2) is 7.10. The fraction of sp³-hybridized carbons (Fsp3) is 0.300. The zero-order valence-electron chi connectivity index (χ0n) is 15.5. The van der Waals surface area contributed by atoms with E-state index >= 15 is 0 Å². The number of nitrogens with zero attached hydrogens (tertiary/aromatic N) is 4. The minimum atomic E-state index is -1.06. The van der Waals surface area contributed by atoms with Gasteiger partial charge < -0.3 is 9.55 Å². The van der Waals surface area contributed by atoms with Crippen LogP contribution >= 0.6 is 0 Å². The van der Waals surface area contributed by atoms with Gasteiger partial charge in [0, 0.05) is 29.8 Å². The predicted octanol–water partition coefficient (Wildman–Crippen LogP) is 3.90. The maximum Gasteiger partial charge on any atom is 0.248 e. The Hall–Kier alpha value is -3.16. The predicted molar refractivity (Wildman–Crippen MR) is 102 cm³/mol. The number of fused-ring (bicyclic) bond motifs is 2. The molecule has 0 radical (unpaired) electrons. The van der Waals surface area contributed by atoms with Crippen molar-refractivity contribution in [3.63, 3.8) is 0 Å². The van der Waals surface area contributed by atoms with Crippen molar-refractivity contribution < 1.29 is 8.78 Å². The number of hydrogen-bond acceptors (Lipinski definition) is 4. The number of rotatable bonds is 5. The lowest BCUT2D eigenvalue weighted by Crippen LogP contribution is -2.13. The van der Waals surface area contributed by atoms with Gasteiger partial charge in [-0.15, -0.1) is 0 Å². The van der Waals surface area contributed by atoms with Crippen LogP contribution in [0.2, 0.25) is 0 Å². The Balaban J connectivity index is 1.92. The van der Waals surface area contributed by atoms with Crippen molar-refractivity contribution in [3.05, 3.63) is 64.0 Å². The summed E-state index contributed by atoms with van der Waals surface area (Å²) in [5.74, 6) is -1.11. The molecule has 0 fully saturated rings. The van der Waals surface area contributed by atoms with Crippen molar-refractivity contribution in [1.82, 2.24) is 24.5 Å². The summed E-state index contributed by atoms with van der Waals surface area (Å²) in [7, 11) is 0. The molecule has 0 bridgehead atoms. The molecule has 8 heteroatoms. The number of benzene rings is 1. The number of nitrogens with one attached hydrogen (secondary N) is 1. The highest BCUT2D eigenvalue weighted by atomic mass is 19.2. The summed E-state index contributed by atoms with van der Waals surface area (Å²) in [5.41, 5.74) is 1.04. The van der Waals surface area contributed by atoms with E-state index in [9.17, 15) is 13.6 Å². The highest BCUT2D eigenvalue weighted by Crippen LogP contribution is 2.26. The fourth-order valence-corrected chi connectivity index (χ4v) is 3.60. The third kappa shape index (κ3) is 3.04. The van der Waals surface area contributed by atoms with Gasteiger partial charge in [-0.05, 0) is 24.1 Å². The molecule has 0 aliphatic heterocycles. The SMILES string of the molecule is CCCC(C)c1nc2nccnc2n1Cc1cc(=O)[nH]c2c(F)c(F)ccc12. The van der Waals surface area contributed by atoms with Crippen LogP contribution in [0, 0.1) is 11.6 Å². The van der Waals surface area contributed by atoms with Crippen molar-refractivity contribution in [2.75, 3.05) is 0 Å². The summed E-state index contributed by atoms with van der Waals surface area (Å²) < 4.78 is 29.7. The van der Waals surface area contributed by atoms with E-state index in [1.165, 1.54) is 12.1 Å². The molecule has 0 aliphatic rings. The molecule has 1 N–H and O–H groups in total. The van der Waals surface area contributed by atoms with E-state index in [0.29, 0.717) is 22.2 Å². The standard InChI is InChI=1S/C20H19F2N5O/c1-3-4-11(2)19-26-18-20(24-8-7-23-18)27(19)10-12-9-15(28)25-17-13(12)5-6-14(21)16(17)22/h5-9,11H,3-4,10H2,1-2H3,(H,25,28). The number of aromatic amines is 1. The summed E-state index contributed by atoms with van der Waals surface area (Å²) in [5, 5.41) is 0.443. The third-order valence-corrected chi connectivity index (χ3v) is 4.90. The largest absolute Gasteiger partial charge is 0.319 e. The maximum absolute atomic E-state index is 14.2. The average Bonchev–Trinajstić information content (AvgIpc) is 3.04. The van der Waals surface area contributed by atoms with Crippen LogP contribution in [-0.2, 0) is 6.54 Å². The van der Waals surface area contributed by atoms with E-state index in [2.05, 4.69) is 33.8 Å². The van der Waals surface area contributed by atoms with Crippen LogP contribution in [0.4, 0.5) is 8.78 Å².